The lowest BCUT2D eigenvalue weighted by atomic mass is 9.82. The van der Waals surface area contributed by atoms with Crippen LogP contribution in [0.1, 0.15) is 54.8 Å². The van der Waals surface area contributed by atoms with Crippen molar-refractivity contribution in [1.82, 2.24) is 0 Å². The average Bonchev–Trinajstić information content (AvgIpc) is 2.84. The highest BCUT2D eigenvalue weighted by Crippen LogP contribution is 2.30. The van der Waals surface area contributed by atoms with E-state index in [9.17, 15) is 0 Å². The summed E-state index contributed by atoms with van der Waals surface area (Å²) in [6.45, 7) is 8.92. The fourth-order valence-corrected chi connectivity index (χ4v) is 3.16. The predicted molar refractivity (Wildman–Crippen MR) is 84.8 cm³/mol. The van der Waals surface area contributed by atoms with Gasteiger partial charge in [-0.3, -0.25) is 0 Å². The Morgan fingerprint density at radius 2 is 1.79 bits per heavy atom. The van der Waals surface area contributed by atoms with Crippen LogP contribution in [-0.4, -0.2) is 0 Å². The summed E-state index contributed by atoms with van der Waals surface area (Å²) in [5.41, 5.74) is 10.5. The van der Waals surface area contributed by atoms with E-state index in [2.05, 4.69) is 63.4 Å². The van der Waals surface area contributed by atoms with Crippen molar-refractivity contribution in [3.8, 4) is 0 Å². The number of thiophene rings is 1. The number of rotatable bonds is 4. The van der Waals surface area contributed by atoms with Crippen molar-refractivity contribution in [3.63, 3.8) is 0 Å². The first kappa shape index (κ1) is 14.3. The van der Waals surface area contributed by atoms with Crippen molar-refractivity contribution in [3.05, 3.63) is 57.3 Å². The molecule has 0 fully saturated rings. The smallest absolute Gasteiger partial charge is 0.0648 e. The molecule has 0 radical (unpaired) electrons. The number of nitrogens with two attached hydrogens (primary N) is 1. The van der Waals surface area contributed by atoms with Crippen LogP contribution in [0, 0.1) is 6.92 Å². The first-order chi connectivity index (χ1) is 8.95. The molecule has 1 atom stereocenters. The normalized spacial score (nSPS) is 13.5. The second kappa shape index (κ2) is 5.48. The first-order valence-electron chi connectivity index (χ1n) is 6.85. The average molecular weight is 273 g/mol. The number of hydrogen-bond donors (Lipinski definition) is 1. The Labute approximate surface area is 120 Å². The molecule has 19 heavy (non-hydrogen) atoms. The van der Waals surface area contributed by atoms with Gasteiger partial charge < -0.3 is 5.73 Å². The maximum Gasteiger partial charge on any atom is 0.0648 e. The summed E-state index contributed by atoms with van der Waals surface area (Å²) >= 11 is 1.74. The second-order valence-corrected chi connectivity index (χ2v) is 6.75. The predicted octanol–water partition coefficient (Wildman–Crippen LogP) is 4.79. The Morgan fingerprint density at radius 1 is 1.16 bits per heavy atom. The third-order valence-electron chi connectivity index (χ3n) is 4.12. The molecule has 0 aliphatic rings. The molecule has 2 rings (SSSR count). The lowest BCUT2D eigenvalue weighted by molar-refractivity contribution is 0.506. The summed E-state index contributed by atoms with van der Waals surface area (Å²) in [6, 6.07) is 10.9. The van der Waals surface area contributed by atoms with Crippen LogP contribution in [0.25, 0.3) is 0 Å². The van der Waals surface area contributed by atoms with Crippen LogP contribution < -0.4 is 5.73 Å². The zero-order chi connectivity index (χ0) is 14.0. The zero-order valence-corrected chi connectivity index (χ0v) is 13.1. The summed E-state index contributed by atoms with van der Waals surface area (Å²) in [5.74, 6) is 0. The van der Waals surface area contributed by atoms with E-state index < -0.39 is 0 Å². The molecular formula is C17H23NS. The third-order valence-corrected chi connectivity index (χ3v) is 5.22. The Kier molecular flexibility index (Phi) is 4.12. The second-order valence-electron chi connectivity index (χ2n) is 5.80. The highest BCUT2D eigenvalue weighted by atomic mass is 32.1. The SMILES string of the molecule is CCC(C)(C)c1ccc(C(N)c2sccc2C)cc1. The molecule has 0 amide bonds. The van der Waals surface area contributed by atoms with E-state index in [1.165, 1.54) is 21.6 Å². The lowest BCUT2D eigenvalue weighted by Gasteiger charge is -2.24. The summed E-state index contributed by atoms with van der Waals surface area (Å²) in [7, 11) is 0. The Hall–Kier alpha value is -1.12. The fourth-order valence-electron chi connectivity index (χ4n) is 2.20. The van der Waals surface area contributed by atoms with E-state index in [1.54, 1.807) is 11.3 Å². The number of benzene rings is 1. The van der Waals surface area contributed by atoms with Crippen molar-refractivity contribution in [2.45, 2.75) is 45.6 Å². The van der Waals surface area contributed by atoms with Crippen molar-refractivity contribution < 1.29 is 0 Å². The van der Waals surface area contributed by atoms with Crippen LogP contribution >= 0.6 is 11.3 Å². The van der Waals surface area contributed by atoms with E-state index >= 15 is 0 Å². The topological polar surface area (TPSA) is 26.0 Å². The van der Waals surface area contributed by atoms with Gasteiger partial charge in [-0.25, -0.2) is 0 Å². The van der Waals surface area contributed by atoms with Crippen LogP contribution in [0.4, 0.5) is 0 Å². The molecular weight excluding hydrogens is 250 g/mol. The van der Waals surface area contributed by atoms with Crippen LogP contribution in [0.2, 0.25) is 0 Å². The van der Waals surface area contributed by atoms with Crippen LogP contribution in [0.5, 0.6) is 0 Å². The Balaban J connectivity index is 2.26. The van der Waals surface area contributed by atoms with Crippen LogP contribution in [0.15, 0.2) is 35.7 Å². The van der Waals surface area contributed by atoms with E-state index in [0.717, 1.165) is 6.42 Å². The van der Waals surface area contributed by atoms with Gasteiger partial charge in [0.1, 0.15) is 0 Å². The summed E-state index contributed by atoms with van der Waals surface area (Å²) in [4.78, 5) is 1.27. The van der Waals surface area contributed by atoms with Crippen LogP contribution in [0.3, 0.4) is 0 Å². The minimum Gasteiger partial charge on any atom is -0.320 e. The molecule has 2 aromatic rings. The van der Waals surface area contributed by atoms with E-state index in [-0.39, 0.29) is 11.5 Å². The van der Waals surface area contributed by atoms with Gasteiger partial charge in [0, 0.05) is 4.88 Å². The van der Waals surface area contributed by atoms with Gasteiger partial charge in [0.05, 0.1) is 6.04 Å². The molecule has 1 aromatic carbocycles. The number of hydrogen-bond acceptors (Lipinski definition) is 2. The van der Waals surface area contributed by atoms with Gasteiger partial charge in [0.15, 0.2) is 0 Å². The molecule has 0 aliphatic heterocycles. The minimum atomic E-state index is -0.00112. The Morgan fingerprint density at radius 3 is 2.26 bits per heavy atom. The molecule has 102 valence electrons. The molecule has 0 bridgehead atoms. The molecule has 1 nitrogen and oxygen atoms in total. The molecule has 1 aromatic heterocycles. The lowest BCUT2D eigenvalue weighted by Crippen LogP contribution is -2.16. The van der Waals surface area contributed by atoms with Gasteiger partial charge in [0.2, 0.25) is 0 Å². The summed E-state index contributed by atoms with van der Waals surface area (Å²) in [6.07, 6.45) is 1.14. The first-order valence-corrected chi connectivity index (χ1v) is 7.73. The van der Waals surface area contributed by atoms with Gasteiger partial charge in [-0.1, -0.05) is 45.0 Å². The maximum atomic E-state index is 6.36. The van der Waals surface area contributed by atoms with Gasteiger partial charge in [-0.2, -0.15) is 0 Å². The van der Waals surface area contributed by atoms with Crippen molar-refractivity contribution in [1.29, 1.82) is 0 Å². The summed E-state index contributed by atoms with van der Waals surface area (Å²) in [5, 5.41) is 2.11. The molecule has 1 heterocycles. The molecule has 0 saturated heterocycles. The quantitative estimate of drug-likeness (QED) is 0.851. The van der Waals surface area contributed by atoms with Crippen molar-refractivity contribution >= 4 is 11.3 Å². The Bertz CT molecular complexity index is 537. The summed E-state index contributed by atoms with van der Waals surface area (Å²) < 4.78 is 0. The molecule has 0 saturated carbocycles. The monoisotopic (exact) mass is 273 g/mol. The zero-order valence-electron chi connectivity index (χ0n) is 12.2. The van der Waals surface area contributed by atoms with Gasteiger partial charge in [-0.05, 0) is 46.9 Å². The fraction of sp³-hybridized carbons (Fsp3) is 0.412. The van der Waals surface area contributed by atoms with Crippen LogP contribution in [-0.2, 0) is 5.41 Å². The highest BCUT2D eigenvalue weighted by Gasteiger charge is 2.19. The van der Waals surface area contributed by atoms with E-state index in [1.807, 2.05) is 0 Å². The standard InChI is InChI=1S/C17H23NS/c1-5-17(3,4)14-8-6-13(7-9-14)15(18)16-12(2)10-11-19-16/h6-11,15H,5,18H2,1-4H3. The van der Waals surface area contributed by atoms with Gasteiger partial charge >= 0.3 is 0 Å². The molecule has 0 spiro atoms. The van der Waals surface area contributed by atoms with Gasteiger partial charge in [0.25, 0.3) is 0 Å². The third kappa shape index (κ3) is 2.90. The van der Waals surface area contributed by atoms with Gasteiger partial charge in [-0.15, -0.1) is 11.3 Å². The molecule has 0 aliphatic carbocycles. The molecule has 2 N–H and O–H groups in total. The maximum absolute atomic E-state index is 6.36. The van der Waals surface area contributed by atoms with E-state index in [4.69, 9.17) is 5.73 Å². The molecule has 1 unspecified atom stereocenters. The van der Waals surface area contributed by atoms with E-state index in [0.29, 0.717) is 0 Å². The van der Waals surface area contributed by atoms with Crippen molar-refractivity contribution in [2.24, 2.45) is 5.73 Å². The number of aryl methyl sites for hydroxylation is 1. The molecule has 2 heteroatoms. The minimum absolute atomic E-state index is 0.00112. The van der Waals surface area contributed by atoms with Crippen molar-refractivity contribution in [2.75, 3.05) is 0 Å². The largest absolute Gasteiger partial charge is 0.320 e. The highest BCUT2D eigenvalue weighted by molar-refractivity contribution is 7.10.